The van der Waals surface area contributed by atoms with Gasteiger partial charge in [0.2, 0.25) is 5.88 Å². The van der Waals surface area contributed by atoms with Gasteiger partial charge in [0, 0.05) is 17.4 Å². The third-order valence-electron chi connectivity index (χ3n) is 4.78. The second-order valence-electron chi connectivity index (χ2n) is 6.30. The molecule has 25 heavy (non-hydrogen) atoms. The van der Waals surface area contributed by atoms with E-state index < -0.39 is 0 Å². The molecule has 0 bridgehead atoms. The molecular weight excluding hydrogens is 306 g/mol. The van der Waals surface area contributed by atoms with Crippen LogP contribution in [0.15, 0.2) is 95.6 Å². The molecule has 0 radical (unpaired) electrons. The Morgan fingerprint density at radius 1 is 0.640 bits per heavy atom. The summed E-state index contributed by atoms with van der Waals surface area (Å²) in [6.45, 7) is 0. The lowest BCUT2D eigenvalue weighted by Gasteiger charge is -2.23. The number of hydrogen-bond acceptors (Lipinski definition) is 2. The van der Waals surface area contributed by atoms with Crippen LogP contribution in [0.3, 0.4) is 0 Å². The predicted molar refractivity (Wildman–Crippen MR) is 102 cm³/mol. The highest BCUT2D eigenvalue weighted by molar-refractivity contribution is 5.82. The first kappa shape index (κ1) is 14.1. The summed E-state index contributed by atoms with van der Waals surface area (Å²) >= 11 is 0. The van der Waals surface area contributed by atoms with Gasteiger partial charge in [0.05, 0.1) is 6.26 Å². The van der Waals surface area contributed by atoms with Crippen molar-refractivity contribution in [2.24, 2.45) is 0 Å². The van der Waals surface area contributed by atoms with Gasteiger partial charge in [0.1, 0.15) is 0 Å². The largest absolute Gasteiger partial charge is 0.448 e. The van der Waals surface area contributed by atoms with E-state index in [1.807, 2.05) is 18.2 Å². The second kappa shape index (κ2) is 5.67. The second-order valence-corrected chi connectivity index (χ2v) is 6.30. The minimum absolute atomic E-state index is 0.821. The number of nitrogens with zero attached hydrogens (tertiary/aromatic N) is 1. The van der Waals surface area contributed by atoms with E-state index >= 15 is 0 Å². The molecule has 2 heteroatoms. The van der Waals surface area contributed by atoms with Gasteiger partial charge in [-0.3, -0.25) is 4.90 Å². The highest BCUT2D eigenvalue weighted by Crippen LogP contribution is 2.41. The molecule has 0 atom stereocenters. The van der Waals surface area contributed by atoms with Crippen molar-refractivity contribution in [3.8, 4) is 11.1 Å². The van der Waals surface area contributed by atoms with Crippen molar-refractivity contribution >= 4 is 17.3 Å². The molecule has 1 aliphatic carbocycles. The SMILES string of the molecule is c1ccc(N(c2ccc3c(c2)Cc2ccccc2-3)c2ccco2)cc1. The van der Waals surface area contributed by atoms with Crippen LogP contribution in [-0.2, 0) is 6.42 Å². The summed E-state index contributed by atoms with van der Waals surface area (Å²) in [5.74, 6) is 0.821. The van der Waals surface area contributed by atoms with Gasteiger partial charge in [-0.1, -0.05) is 48.5 Å². The molecule has 2 nitrogen and oxygen atoms in total. The standard InChI is InChI=1S/C23H17NO/c1-2-8-19(9-3-1)24(23-11-6-14-25-23)20-12-13-22-18(16-20)15-17-7-4-5-10-21(17)22/h1-14,16H,15H2. The van der Waals surface area contributed by atoms with Crippen LogP contribution in [0, 0.1) is 0 Å². The maximum atomic E-state index is 5.71. The fourth-order valence-electron chi connectivity index (χ4n) is 3.65. The van der Waals surface area contributed by atoms with Crippen molar-refractivity contribution in [3.05, 3.63) is 102 Å². The molecule has 1 heterocycles. The third-order valence-corrected chi connectivity index (χ3v) is 4.78. The monoisotopic (exact) mass is 323 g/mol. The first-order chi connectivity index (χ1) is 12.4. The van der Waals surface area contributed by atoms with E-state index in [9.17, 15) is 0 Å². The molecule has 0 fully saturated rings. The molecule has 0 saturated heterocycles. The van der Waals surface area contributed by atoms with E-state index in [1.54, 1.807) is 6.26 Å². The molecule has 0 N–H and O–H groups in total. The van der Waals surface area contributed by atoms with Crippen molar-refractivity contribution in [1.82, 2.24) is 0 Å². The summed E-state index contributed by atoms with van der Waals surface area (Å²) < 4.78 is 5.71. The van der Waals surface area contributed by atoms with Crippen LogP contribution in [0.5, 0.6) is 0 Å². The minimum Gasteiger partial charge on any atom is -0.448 e. The Kier molecular flexibility index (Phi) is 3.20. The molecule has 3 aromatic carbocycles. The van der Waals surface area contributed by atoms with E-state index in [0.717, 1.165) is 23.7 Å². The number of para-hydroxylation sites is 1. The maximum absolute atomic E-state index is 5.71. The number of anilines is 3. The molecule has 5 rings (SSSR count). The molecule has 1 aromatic heterocycles. The van der Waals surface area contributed by atoms with Crippen molar-refractivity contribution in [1.29, 1.82) is 0 Å². The first-order valence-electron chi connectivity index (χ1n) is 8.50. The summed E-state index contributed by atoms with van der Waals surface area (Å²) in [7, 11) is 0. The Morgan fingerprint density at radius 3 is 2.28 bits per heavy atom. The Balaban J connectivity index is 1.63. The van der Waals surface area contributed by atoms with Crippen LogP contribution < -0.4 is 4.90 Å². The van der Waals surface area contributed by atoms with E-state index in [4.69, 9.17) is 4.42 Å². The van der Waals surface area contributed by atoms with Gasteiger partial charge >= 0.3 is 0 Å². The molecule has 4 aromatic rings. The summed E-state index contributed by atoms with van der Waals surface area (Å²) in [6, 6.07) is 29.6. The Hall–Kier alpha value is -3.26. The number of furan rings is 1. The average Bonchev–Trinajstić information content (AvgIpc) is 3.30. The van der Waals surface area contributed by atoms with Crippen LogP contribution in [0.25, 0.3) is 11.1 Å². The number of rotatable bonds is 3. The predicted octanol–water partition coefficient (Wildman–Crippen LogP) is 6.32. The normalized spacial score (nSPS) is 11.8. The first-order valence-corrected chi connectivity index (χ1v) is 8.50. The van der Waals surface area contributed by atoms with Crippen LogP contribution in [0.2, 0.25) is 0 Å². The Labute approximate surface area is 147 Å². The summed E-state index contributed by atoms with van der Waals surface area (Å²) in [5, 5.41) is 0. The number of hydrogen-bond donors (Lipinski definition) is 0. The van der Waals surface area contributed by atoms with Crippen molar-refractivity contribution in [3.63, 3.8) is 0 Å². The average molecular weight is 323 g/mol. The van der Waals surface area contributed by atoms with Gasteiger partial charge < -0.3 is 4.42 Å². The van der Waals surface area contributed by atoms with Crippen molar-refractivity contribution < 1.29 is 4.42 Å². The fourth-order valence-corrected chi connectivity index (χ4v) is 3.65. The molecule has 1 aliphatic rings. The fraction of sp³-hybridized carbons (Fsp3) is 0.0435. The lowest BCUT2D eigenvalue weighted by Crippen LogP contribution is -2.09. The van der Waals surface area contributed by atoms with Gasteiger partial charge in [-0.05, 0) is 59.0 Å². The molecule has 0 unspecified atom stereocenters. The van der Waals surface area contributed by atoms with Crippen LogP contribution >= 0.6 is 0 Å². The van der Waals surface area contributed by atoms with Gasteiger partial charge in [-0.15, -0.1) is 0 Å². The quantitative estimate of drug-likeness (QED) is 0.386. The Bertz CT molecular complexity index is 1020. The third kappa shape index (κ3) is 2.34. The zero-order valence-electron chi connectivity index (χ0n) is 13.7. The number of fused-ring (bicyclic) bond motifs is 3. The van der Waals surface area contributed by atoms with Crippen LogP contribution in [0.4, 0.5) is 17.3 Å². The van der Waals surface area contributed by atoms with E-state index in [0.29, 0.717) is 0 Å². The van der Waals surface area contributed by atoms with Crippen molar-refractivity contribution in [2.45, 2.75) is 6.42 Å². The van der Waals surface area contributed by atoms with Crippen LogP contribution in [-0.4, -0.2) is 0 Å². The summed E-state index contributed by atoms with van der Waals surface area (Å²) in [5.41, 5.74) is 7.67. The molecule has 0 saturated carbocycles. The molecule has 0 aliphatic heterocycles. The zero-order chi connectivity index (χ0) is 16.6. The van der Waals surface area contributed by atoms with Gasteiger partial charge in [-0.25, -0.2) is 0 Å². The summed E-state index contributed by atoms with van der Waals surface area (Å²) in [4.78, 5) is 2.16. The van der Waals surface area contributed by atoms with Gasteiger partial charge in [-0.2, -0.15) is 0 Å². The molecule has 120 valence electrons. The van der Waals surface area contributed by atoms with Gasteiger partial charge in [0.25, 0.3) is 0 Å². The number of benzene rings is 3. The molecule has 0 amide bonds. The topological polar surface area (TPSA) is 16.4 Å². The lowest BCUT2D eigenvalue weighted by atomic mass is 10.1. The van der Waals surface area contributed by atoms with E-state index in [1.165, 1.54) is 22.3 Å². The molecule has 0 spiro atoms. The smallest absolute Gasteiger partial charge is 0.204 e. The van der Waals surface area contributed by atoms with E-state index in [2.05, 4.69) is 71.6 Å². The van der Waals surface area contributed by atoms with Crippen LogP contribution in [0.1, 0.15) is 11.1 Å². The summed E-state index contributed by atoms with van der Waals surface area (Å²) in [6.07, 6.45) is 2.70. The van der Waals surface area contributed by atoms with Crippen molar-refractivity contribution in [2.75, 3.05) is 4.90 Å². The van der Waals surface area contributed by atoms with E-state index in [-0.39, 0.29) is 0 Å². The lowest BCUT2D eigenvalue weighted by molar-refractivity contribution is 0.574. The minimum atomic E-state index is 0.821. The maximum Gasteiger partial charge on any atom is 0.204 e. The highest BCUT2D eigenvalue weighted by atomic mass is 16.3. The Morgan fingerprint density at radius 2 is 1.44 bits per heavy atom. The molecular formula is C23H17NO. The zero-order valence-corrected chi connectivity index (χ0v) is 13.7. The van der Waals surface area contributed by atoms with Gasteiger partial charge in [0.15, 0.2) is 0 Å². The highest BCUT2D eigenvalue weighted by Gasteiger charge is 2.21.